The van der Waals surface area contributed by atoms with Gasteiger partial charge in [-0.2, -0.15) is 5.10 Å². The van der Waals surface area contributed by atoms with Crippen LogP contribution < -0.4 is 5.32 Å². The molecular weight excluding hydrogens is 276 g/mol. The summed E-state index contributed by atoms with van der Waals surface area (Å²) < 4.78 is 2.11. The standard InChI is InChI=1S/C16H18N6/c1-12-13(2)20-21-16(19-12)18-8-9-22-11-17-10-15(22)14-6-4-3-5-7-14/h3-7,10-11H,8-9H2,1-2H3,(H,18,19,21). The fourth-order valence-electron chi connectivity index (χ4n) is 2.17. The second kappa shape index (κ2) is 6.34. The lowest BCUT2D eigenvalue weighted by Gasteiger charge is -2.09. The Morgan fingerprint density at radius 2 is 1.86 bits per heavy atom. The molecule has 1 aromatic carbocycles. The Balaban J connectivity index is 1.65. The Kier molecular flexibility index (Phi) is 4.09. The third-order valence-electron chi connectivity index (χ3n) is 3.51. The predicted octanol–water partition coefficient (Wildman–Crippen LogP) is 2.46. The lowest BCUT2D eigenvalue weighted by molar-refractivity contribution is 0.725. The molecule has 112 valence electrons. The van der Waals surface area contributed by atoms with E-state index in [1.54, 1.807) is 0 Å². The minimum Gasteiger partial charge on any atom is -0.351 e. The van der Waals surface area contributed by atoms with E-state index >= 15 is 0 Å². The van der Waals surface area contributed by atoms with Gasteiger partial charge in [-0.05, 0) is 19.4 Å². The number of benzene rings is 1. The zero-order valence-electron chi connectivity index (χ0n) is 12.7. The van der Waals surface area contributed by atoms with Crippen molar-refractivity contribution in [2.24, 2.45) is 0 Å². The minimum absolute atomic E-state index is 0.560. The minimum atomic E-state index is 0.560. The Hall–Kier alpha value is -2.76. The molecule has 22 heavy (non-hydrogen) atoms. The van der Waals surface area contributed by atoms with E-state index in [9.17, 15) is 0 Å². The monoisotopic (exact) mass is 294 g/mol. The molecule has 0 saturated heterocycles. The van der Waals surface area contributed by atoms with Crippen molar-refractivity contribution in [1.82, 2.24) is 24.7 Å². The molecule has 3 aromatic rings. The van der Waals surface area contributed by atoms with Gasteiger partial charge in [-0.3, -0.25) is 0 Å². The normalized spacial score (nSPS) is 10.6. The second-order valence-electron chi connectivity index (χ2n) is 5.07. The summed E-state index contributed by atoms with van der Waals surface area (Å²) in [5.41, 5.74) is 4.00. The zero-order chi connectivity index (χ0) is 15.4. The van der Waals surface area contributed by atoms with Crippen LogP contribution in [0, 0.1) is 13.8 Å². The summed E-state index contributed by atoms with van der Waals surface area (Å²) in [6.45, 7) is 5.32. The van der Waals surface area contributed by atoms with Gasteiger partial charge >= 0.3 is 0 Å². The van der Waals surface area contributed by atoms with E-state index in [-0.39, 0.29) is 0 Å². The van der Waals surface area contributed by atoms with Gasteiger partial charge in [0.15, 0.2) is 0 Å². The van der Waals surface area contributed by atoms with E-state index < -0.39 is 0 Å². The van der Waals surface area contributed by atoms with Crippen molar-refractivity contribution in [2.75, 3.05) is 11.9 Å². The van der Waals surface area contributed by atoms with E-state index in [0.717, 1.165) is 29.2 Å². The number of aromatic nitrogens is 5. The van der Waals surface area contributed by atoms with E-state index in [1.165, 1.54) is 0 Å². The lowest BCUT2D eigenvalue weighted by Crippen LogP contribution is -2.13. The van der Waals surface area contributed by atoms with Gasteiger partial charge in [-0.1, -0.05) is 30.3 Å². The maximum Gasteiger partial charge on any atom is 0.243 e. The summed E-state index contributed by atoms with van der Waals surface area (Å²) in [6, 6.07) is 10.2. The molecule has 6 heteroatoms. The van der Waals surface area contributed by atoms with Crippen molar-refractivity contribution in [3.8, 4) is 11.3 Å². The van der Waals surface area contributed by atoms with Crippen LogP contribution in [0.4, 0.5) is 5.95 Å². The average molecular weight is 294 g/mol. The molecule has 0 saturated carbocycles. The van der Waals surface area contributed by atoms with Crippen LogP contribution in [0.3, 0.4) is 0 Å². The number of rotatable bonds is 5. The molecule has 0 bridgehead atoms. The molecule has 0 unspecified atom stereocenters. The fraction of sp³-hybridized carbons (Fsp3) is 0.250. The van der Waals surface area contributed by atoms with Gasteiger partial charge < -0.3 is 9.88 Å². The highest BCUT2D eigenvalue weighted by molar-refractivity contribution is 5.58. The fourth-order valence-corrected chi connectivity index (χ4v) is 2.17. The van der Waals surface area contributed by atoms with E-state index in [4.69, 9.17) is 0 Å². The summed E-state index contributed by atoms with van der Waals surface area (Å²) in [6.07, 6.45) is 3.72. The molecule has 6 nitrogen and oxygen atoms in total. The van der Waals surface area contributed by atoms with Gasteiger partial charge in [0.25, 0.3) is 0 Å². The molecular formula is C16H18N6. The SMILES string of the molecule is Cc1nnc(NCCn2cncc2-c2ccccc2)nc1C. The Labute approximate surface area is 129 Å². The average Bonchev–Trinajstić information content (AvgIpc) is 3.00. The van der Waals surface area contributed by atoms with Crippen molar-refractivity contribution in [3.63, 3.8) is 0 Å². The molecule has 0 fully saturated rings. The third kappa shape index (κ3) is 3.11. The van der Waals surface area contributed by atoms with E-state index in [0.29, 0.717) is 12.5 Å². The number of nitrogens with one attached hydrogen (secondary N) is 1. The zero-order valence-corrected chi connectivity index (χ0v) is 12.7. The summed E-state index contributed by atoms with van der Waals surface area (Å²) >= 11 is 0. The Morgan fingerprint density at radius 1 is 1.05 bits per heavy atom. The highest BCUT2D eigenvalue weighted by Gasteiger charge is 2.05. The first kappa shape index (κ1) is 14.2. The molecule has 0 radical (unpaired) electrons. The summed E-state index contributed by atoms with van der Waals surface area (Å²) in [5, 5.41) is 11.3. The van der Waals surface area contributed by atoms with Crippen molar-refractivity contribution < 1.29 is 0 Å². The van der Waals surface area contributed by atoms with Gasteiger partial charge in [0.2, 0.25) is 5.95 Å². The summed E-state index contributed by atoms with van der Waals surface area (Å²) in [5.74, 6) is 0.560. The molecule has 0 atom stereocenters. The first-order valence-corrected chi connectivity index (χ1v) is 7.21. The first-order valence-electron chi connectivity index (χ1n) is 7.21. The first-order chi connectivity index (χ1) is 10.7. The number of hydrogen-bond donors (Lipinski definition) is 1. The molecule has 0 aliphatic carbocycles. The largest absolute Gasteiger partial charge is 0.351 e. The number of aryl methyl sites for hydroxylation is 2. The quantitative estimate of drug-likeness (QED) is 0.783. The van der Waals surface area contributed by atoms with Crippen LogP contribution in [0.25, 0.3) is 11.3 Å². The number of nitrogens with zero attached hydrogens (tertiary/aromatic N) is 5. The van der Waals surface area contributed by atoms with Crippen LogP contribution in [-0.2, 0) is 6.54 Å². The number of hydrogen-bond acceptors (Lipinski definition) is 5. The van der Waals surface area contributed by atoms with Crippen LogP contribution in [-0.4, -0.2) is 31.3 Å². The molecule has 0 amide bonds. The molecule has 2 aromatic heterocycles. The lowest BCUT2D eigenvalue weighted by atomic mass is 10.2. The van der Waals surface area contributed by atoms with Crippen LogP contribution in [0.15, 0.2) is 42.9 Å². The van der Waals surface area contributed by atoms with E-state index in [1.807, 2.05) is 44.6 Å². The Bertz CT molecular complexity index is 750. The van der Waals surface area contributed by atoms with Crippen LogP contribution in [0.1, 0.15) is 11.4 Å². The maximum atomic E-state index is 4.36. The highest BCUT2D eigenvalue weighted by Crippen LogP contribution is 2.18. The predicted molar refractivity (Wildman–Crippen MR) is 85.5 cm³/mol. The smallest absolute Gasteiger partial charge is 0.243 e. The molecule has 1 N–H and O–H groups in total. The van der Waals surface area contributed by atoms with Crippen molar-refractivity contribution in [1.29, 1.82) is 0 Å². The molecule has 2 heterocycles. The van der Waals surface area contributed by atoms with Crippen molar-refractivity contribution in [2.45, 2.75) is 20.4 Å². The number of anilines is 1. The van der Waals surface area contributed by atoms with Crippen LogP contribution in [0.2, 0.25) is 0 Å². The topological polar surface area (TPSA) is 68.5 Å². The summed E-state index contributed by atoms with van der Waals surface area (Å²) in [7, 11) is 0. The maximum absolute atomic E-state index is 4.36. The summed E-state index contributed by atoms with van der Waals surface area (Å²) in [4.78, 5) is 8.60. The van der Waals surface area contributed by atoms with Crippen molar-refractivity contribution in [3.05, 3.63) is 54.2 Å². The second-order valence-corrected chi connectivity index (χ2v) is 5.07. The van der Waals surface area contributed by atoms with E-state index in [2.05, 4.69) is 42.2 Å². The van der Waals surface area contributed by atoms with Gasteiger partial charge in [0.05, 0.1) is 29.6 Å². The van der Waals surface area contributed by atoms with Crippen LogP contribution in [0.5, 0.6) is 0 Å². The highest BCUT2D eigenvalue weighted by atomic mass is 15.2. The molecule has 0 aliphatic rings. The third-order valence-corrected chi connectivity index (χ3v) is 3.51. The van der Waals surface area contributed by atoms with Gasteiger partial charge in [0, 0.05) is 13.1 Å². The molecule has 0 spiro atoms. The van der Waals surface area contributed by atoms with Crippen LogP contribution >= 0.6 is 0 Å². The molecule has 3 rings (SSSR count). The molecule has 0 aliphatic heterocycles. The van der Waals surface area contributed by atoms with Gasteiger partial charge in [-0.15, -0.1) is 5.10 Å². The van der Waals surface area contributed by atoms with Crippen molar-refractivity contribution >= 4 is 5.95 Å². The van der Waals surface area contributed by atoms with Gasteiger partial charge in [-0.25, -0.2) is 9.97 Å². The number of imidazole rings is 1. The van der Waals surface area contributed by atoms with Gasteiger partial charge in [0.1, 0.15) is 0 Å². The Morgan fingerprint density at radius 3 is 2.64 bits per heavy atom.